The smallest absolute Gasteiger partial charge is 0.408 e. The van der Waals surface area contributed by atoms with E-state index in [4.69, 9.17) is 14.2 Å². The molecular weight excluding hydrogens is 628 g/mol. The number of aliphatic hydroxyl groups excluding tert-OH is 1. The van der Waals surface area contributed by atoms with Gasteiger partial charge < -0.3 is 24.6 Å². The van der Waals surface area contributed by atoms with Crippen molar-refractivity contribution in [3.8, 4) is 0 Å². The molecule has 4 aromatic rings. The molecule has 4 aromatic carbocycles. The summed E-state index contributed by atoms with van der Waals surface area (Å²) in [6.07, 6.45) is -1.85. The molecule has 0 radical (unpaired) electrons. The van der Waals surface area contributed by atoms with Gasteiger partial charge in [0.1, 0.15) is 12.6 Å². The number of likely N-dealkylation sites (tertiary alicyclic amines) is 1. The number of hydrogen-bond donors (Lipinski definition) is 2. The molecule has 10 heteroatoms. The summed E-state index contributed by atoms with van der Waals surface area (Å²) >= 11 is 1.74. The molecule has 2 saturated heterocycles. The summed E-state index contributed by atoms with van der Waals surface area (Å²) in [6.45, 7) is 2.25. The number of benzene rings is 4. The Morgan fingerprint density at radius 2 is 1.50 bits per heavy atom. The number of imide groups is 1. The van der Waals surface area contributed by atoms with E-state index in [1.807, 2.05) is 97.1 Å². The largest absolute Gasteiger partial charge is 0.445 e. The lowest BCUT2D eigenvalue weighted by Crippen LogP contribution is -2.41. The molecule has 5 atom stereocenters. The first-order chi connectivity index (χ1) is 23.4. The number of hydrogen-bond acceptors (Lipinski definition) is 8. The number of thioether (sulfide) groups is 1. The fraction of sp³-hybridized carbons (Fsp3) is 0.289. The van der Waals surface area contributed by atoms with Crippen LogP contribution in [0.15, 0.2) is 114 Å². The van der Waals surface area contributed by atoms with E-state index in [1.54, 1.807) is 11.8 Å². The van der Waals surface area contributed by atoms with E-state index in [-0.39, 0.29) is 50.2 Å². The Labute approximate surface area is 284 Å². The van der Waals surface area contributed by atoms with Gasteiger partial charge in [-0.2, -0.15) is 0 Å². The standard InChI is InChI=1S/C38H38N2O7S/c1-25-33(24-48-31-10-6-3-7-11-31)46-37(47-35(25)29-16-14-27(22-41)15-17-29)30-18-12-26(13-19-30)21-40-34(42)20-32(36(40)43)39-38(44)45-23-28-8-4-2-5-9-28/h2-19,25,32-33,35,37,41H,20-24H2,1H3,(H,39,44)/t25-,32?,33+,35+,37+/m0/s1. The van der Waals surface area contributed by atoms with E-state index in [0.29, 0.717) is 0 Å². The number of carbonyl (C=O) groups excluding carboxylic acids is 3. The van der Waals surface area contributed by atoms with Crippen LogP contribution >= 0.6 is 11.8 Å². The third-order valence-corrected chi connectivity index (χ3v) is 9.72. The Morgan fingerprint density at radius 3 is 2.19 bits per heavy atom. The molecule has 2 aliphatic heterocycles. The molecule has 0 bridgehead atoms. The second-order valence-corrected chi connectivity index (χ2v) is 13.1. The highest BCUT2D eigenvalue weighted by molar-refractivity contribution is 7.99. The maximum atomic E-state index is 13.1. The van der Waals surface area contributed by atoms with Crippen molar-refractivity contribution in [3.05, 3.63) is 137 Å². The lowest BCUT2D eigenvalue weighted by molar-refractivity contribution is -0.268. The normalized spacial score (nSPS) is 22.5. The Hall–Kier alpha value is -4.48. The highest BCUT2D eigenvalue weighted by atomic mass is 32.2. The van der Waals surface area contributed by atoms with Crippen molar-refractivity contribution in [2.75, 3.05) is 5.75 Å². The zero-order valence-electron chi connectivity index (χ0n) is 26.6. The van der Waals surface area contributed by atoms with Crippen LogP contribution in [0.4, 0.5) is 4.79 Å². The van der Waals surface area contributed by atoms with Crippen molar-refractivity contribution in [2.45, 2.75) is 62.5 Å². The number of nitrogens with zero attached hydrogens (tertiary/aromatic N) is 1. The Morgan fingerprint density at radius 1 is 0.854 bits per heavy atom. The van der Waals surface area contributed by atoms with Crippen LogP contribution in [0.3, 0.4) is 0 Å². The van der Waals surface area contributed by atoms with Crippen molar-refractivity contribution in [2.24, 2.45) is 5.92 Å². The van der Waals surface area contributed by atoms with E-state index >= 15 is 0 Å². The molecule has 248 valence electrons. The van der Waals surface area contributed by atoms with Gasteiger partial charge >= 0.3 is 6.09 Å². The van der Waals surface area contributed by atoms with E-state index < -0.39 is 24.3 Å². The average Bonchev–Trinajstić information content (AvgIpc) is 3.38. The van der Waals surface area contributed by atoms with Crippen molar-refractivity contribution >= 4 is 29.7 Å². The minimum atomic E-state index is -0.972. The monoisotopic (exact) mass is 666 g/mol. The lowest BCUT2D eigenvalue weighted by atomic mass is 9.91. The van der Waals surface area contributed by atoms with Gasteiger partial charge in [0.05, 0.1) is 31.8 Å². The molecule has 2 N–H and O–H groups in total. The van der Waals surface area contributed by atoms with Crippen LogP contribution in [0.25, 0.3) is 0 Å². The predicted molar refractivity (Wildman–Crippen MR) is 180 cm³/mol. The highest BCUT2D eigenvalue weighted by Gasteiger charge is 2.40. The number of ether oxygens (including phenoxy) is 3. The van der Waals surface area contributed by atoms with Gasteiger partial charge in [0.25, 0.3) is 5.91 Å². The van der Waals surface area contributed by atoms with Gasteiger partial charge in [0.15, 0.2) is 6.29 Å². The number of alkyl carbamates (subject to hydrolysis) is 1. The summed E-state index contributed by atoms with van der Waals surface area (Å²) in [6, 6.07) is 33.8. The summed E-state index contributed by atoms with van der Waals surface area (Å²) in [5.74, 6) is -0.0366. The van der Waals surface area contributed by atoms with Crippen LogP contribution in [-0.4, -0.2) is 45.8 Å². The van der Waals surface area contributed by atoms with E-state index in [9.17, 15) is 19.5 Å². The first-order valence-electron chi connectivity index (χ1n) is 16.0. The molecular formula is C38H38N2O7S. The van der Waals surface area contributed by atoms with Crippen LogP contribution in [-0.2, 0) is 43.6 Å². The molecule has 2 fully saturated rings. The lowest BCUT2D eigenvalue weighted by Gasteiger charge is -2.41. The predicted octanol–water partition coefficient (Wildman–Crippen LogP) is 6.32. The highest BCUT2D eigenvalue weighted by Crippen LogP contribution is 2.43. The number of rotatable bonds is 11. The molecule has 6 rings (SSSR count). The van der Waals surface area contributed by atoms with E-state index in [2.05, 4.69) is 24.4 Å². The molecule has 0 aromatic heterocycles. The first kappa shape index (κ1) is 33.4. The summed E-state index contributed by atoms with van der Waals surface area (Å²) in [5.41, 5.74) is 4.24. The average molecular weight is 667 g/mol. The second-order valence-electron chi connectivity index (χ2n) is 12.0. The molecule has 48 heavy (non-hydrogen) atoms. The van der Waals surface area contributed by atoms with E-state index in [0.717, 1.165) is 43.4 Å². The fourth-order valence-electron chi connectivity index (χ4n) is 5.84. The SMILES string of the molecule is C[C@H]1[C@@H](CSc2ccccc2)O[C@@H](c2ccc(CN3C(=O)CC(NC(=O)OCc4ccccc4)C3=O)cc2)O[C@H]1c1ccc(CO)cc1. The molecule has 9 nitrogen and oxygen atoms in total. The molecule has 2 aliphatic rings. The van der Waals surface area contributed by atoms with Gasteiger partial charge in [-0.3, -0.25) is 14.5 Å². The van der Waals surface area contributed by atoms with Crippen molar-refractivity contribution in [3.63, 3.8) is 0 Å². The molecule has 1 unspecified atom stereocenters. The van der Waals surface area contributed by atoms with Crippen LogP contribution in [0.1, 0.15) is 53.6 Å². The topological polar surface area (TPSA) is 114 Å². The van der Waals surface area contributed by atoms with Crippen LogP contribution in [0.5, 0.6) is 0 Å². The van der Waals surface area contributed by atoms with Gasteiger partial charge in [-0.05, 0) is 34.4 Å². The van der Waals surface area contributed by atoms with Gasteiger partial charge in [0.2, 0.25) is 5.91 Å². The first-order valence-corrected chi connectivity index (χ1v) is 16.9. The summed E-state index contributed by atoms with van der Waals surface area (Å²) in [7, 11) is 0. The van der Waals surface area contributed by atoms with Gasteiger partial charge in [-0.1, -0.05) is 104 Å². The zero-order chi connectivity index (χ0) is 33.5. The minimum absolute atomic E-state index is 0.0249. The number of nitrogens with one attached hydrogen (secondary N) is 1. The summed E-state index contributed by atoms with van der Waals surface area (Å²) in [5, 5.41) is 12.1. The molecule has 0 saturated carbocycles. The van der Waals surface area contributed by atoms with Gasteiger partial charge in [-0.15, -0.1) is 11.8 Å². The minimum Gasteiger partial charge on any atom is -0.445 e. The fourth-order valence-corrected chi connectivity index (χ4v) is 6.93. The Balaban J connectivity index is 1.10. The number of amides is 3. The summed E-state index contributed by atoms with van der Waals surface area (Å²) < 4.78 is 18.4. The molecule has 0 spiro atoms. The number of carbonyl (C=O) groups is 3. The quantitative estimate of drug-likeness (QED) is 0.141. The van der Waals surface area contributed by atoms with Crippen LogP contribution in [0.2, 0.25) is 0 Å². The van der Waals surface area contributed by atoms with Crippen LogP contribution in [0, 0.1) is 5.92 Å². The third kappa shape index (κ3) is 8.14. The van der Waals surface area contributed by atoms with Crippen molar-refractivity contribution in [1.29, 1.82) is 0 Å². The number of aliphatic hydroxyl groups is 1. The van der Waals surface area contributed by atoms with Crippen LogP contribution < -0.4 is 5.32 Å². The Bertz CT molecular complexity index is 1690. The van der Waals surface area contributed by atoms with E-state index in [1.165, 1.54) is 0 Å². The van der Waals surface area contributed by atoms with Gasteiger partial charge in [0, 0.05) is 22.1 Å². The maximum Gasteiger partial charge on any atom is 0.408 e. The van der Waals surface area contributed by atoms with Crippen molar-refractivity contribution < 1.29 is 33.7 Å². The Kier molecular flexibility index (Phi) is 10.9. The van der Waals surface area contributed by atoms with Gasteiger partial charge in [-0.25, -0.2) is 4.79 Å². The third-order valence-electron chi connectivity index (χ3n) is 8.62. The zero-order valence-corrected chi connectivity index (χ0v) is 27.4. The molecule has 0 aliphatic carbocycles. The second kappa shape index (κ2) is 15.6. The molecule has 2 heterocycles. The maximum absolute atomic E-state index is 13.1. The van der Waals surface area contributed by atoms with Crippen molar-refractivity contribution in [1.82, 2.24) is 10.2 Å². The molecule has 3 amide bonds. The summed E-state index contributed by atoms with van der Waals surface area (Å²) in [4.78, 5) is 40.5.